The predicted molar refractivity (Wildman–Crippen MR) is 137 cm³/mol. The minimum absolute atomic E-state index is 0.0814. The quantitative estimate of drug-likeness (QED) is 0.175. The van der Waals surface area contributed by atoms with Crippen LogP contribution >= 0.6 is 23.2 Å². The molecule has 0 fully saturated rings. The Morgan fingerprint density at radius 1 is 1.36 bits per heavy atom. The van der Waals surface area contributed by atoms with E-state index in [0.29, 0.717) is 24.7 Å². The van der Waals surface area contributed by atoms with Crippen LogP contribution in [0.1, 0.15) is 17.8 Å². The SMILES string of the molecule is C=C(C[C@H](N)C(Cl)Cl)C(=O)Nc1cnc(-c2c(C)nn(COCC[Si](C)(C)C)c2C)c(O)c1. The van der Waals surface area contributed by atoms with Crippen molar-refractivity contribution >= 4 is 42.9 Å². The van der Waals surface area contributed by atoms with Crippen molar-refractivity contribution in [3.63, 3.8) is 0 Å². The van der Waals surface area contributed by atoms with Gasteiger partial charge in [-0.2, -0.15) is 5.10 Å². The van der Waals surface area contributed by atoms with Gasteiger partial charge < -0.3 is 20.9 Å². The second kappa shape index (κ2) is 11.5. The number of aromatic nitrogens is 3. The van der Waals surface area contributed by atoms with Crippen molar-refractivity contribution < 1.29 is 14.6 Å². The van der Waals surface area contributed by atoms with Gasteiger partial charge in [0.2, 0.25) is 0 Å². The molecule has 0 spiro atoms. The normalized spacial score (nSPS) is 12.8. The molecule has 33 heavy (non-hydrogen) atoms. The maximum absolute atomic E-state index is 12.3. The van der Waals surface area contributed by atoms with E-state index in [1.165, 1.54) is 12.3 Å². The number of anilines is 1. The lowest BCUT2D eigenvalue weighted by Crippen LogP contribution is -2.30. The van der Waals surface area contributed by atoms with Gasteiger partial charge in [-0.15, -0.1) is 23.2 Å². The average molecular weight is 515 g/mol. The highest BCUT2D eigenvalue weighted by atomic mass is 35.5. The zero-order valence-electron chi connectivity index (χ0n) is 19.8. The highest BCUT2D eigenvalue weighted by Gasteiger charge is 2.20. The molecule has 182 valence electrons. The summed E-state index contributed by atoms with van der Waals surface area (Å²) in [6.45, 7) is 15.4. The smallest absolute Gasteiger partial charge is 0.251 e. The molecule has 0 aliphatic rings. The summed E-state index contributed by atoms with van der Waals surface area (Å²) < 4.78 is 7.57. The van der Waals surface area contributed by atoms with E-state index in [9.17, 15) is 9.90 Å². The zero-order valence-corrected chi connectivity index (χ0v) is 22.3. The number of aryl methyl sites for hydroxylation is 1. The van der Waals surface area contributed by atoms with E-state index in [4.69, 9.17) is 33.7 Å². The third-order valence-corrected chi connectivity index (χ3v) is 7.43. The highest BCUT2D eigenvalue weighted by molar-refractivity contribution is 6.76. The van der Waals surface area contributed by atoms with Crippen LogP contribution in [0.2, 0.25) is 25.7 Å². The van der Waals surface area contributed by atoms with Gasteiger partial charge in [0.15, 0.2) is 0 Å². The van der Waals surface area contributed by atoms with Gasteiger partial charge >= 0.3 is 0 Å². The topological polar surface area (TPSA) is 115 Å². The van der Waals surface area contributed by atoms with E-state index < -0.39 is 24.9 Å². The van der Waals surface area contributed by atoms with Crippen LogP contribution in [-0.2, 0) is 16.3 Å². The molecule has 2 heterocycles. The van der Waals surface area contributed by atoms with Crippen molar-refractivity contribution in [1.82, 2.24) is 14.8 Å². The van der Waals surface area contributed by atoms with E-state index in [2.05, 4.69) is 41.6 Å². The Morgan fingerprint density at radius 3 is 2.61 bits per heavy atom. The molecule has 2 aromatic rings. The van der Waals surface area contributed by atoms with Gasteiger partial charge in [-0.1, -0.05) is 26.2 Å². The van der Waals surface area contributed by atoms with Gasteiger partial charge in [0.05, 0.1) is 17.6 Å². The van der Waals surface area contributed by atoms with Crippen LogP contribution in [0.4, 0.5) is 5.69 Å². The van der Waals surface area contributed by atoms with Crippen LogP contribution in [0.15, 0.2) is 24.4 Å². The first-order valence-electron chi connectivity index (χ1n) is 10.6. The Bertz CT molecular complexity index is 1000. The molecule has 4 N–H and O–H groups in total. The molecule has 1 amide bonds. The first kappa shape index (κ1) is 27.3. The molecule has 0 aromatic carbocycles. The molecule has 11 heteroatoms. The summed E-state index contributed by atoms with van der Waals surface area (Å²) in [6.07, 6.45) is 1.60. The number of aromatic hydroxyl groups is 1. The summed E-state index contributed by atoms with van der Waals surface area (Å²) in [5.41, 5.74) is 8.98. The standard InChI is InChI=1S/C22H33Cl2N5O3Si/c1-13(9-17(25)21(23)24)22(31)27-16-10-18(30)20(26-11-16)19-14(2)28-29(15(19)3)12-32-7-8-33(4,5)6/h10-11,17,21,30H,1,7-9,12,25H2,2-6H3,(H,27,31)/t17-/m0/s1. The molecule has 2 aromatic heterocycles. The van der Waals surface area contributed by atoms with Crippen molar-refractivity contribution in [2.45, 2.75) is 63.6 Å². The number of rotatable bonds is 11. The Hall–Kier alpha value is -1.91. The second-order valence-corrected chi connectivity index (χ2v) is 16.0. The maximum Gasteiger partial charge on any atom is 0.251 e. The van der Waals surface area contributed by atoms with E-state index in [1.807, 2.05) is 13.8 Å². The van der Waals surface area contributed by atoms with Crippen LogP contribution in [0, 0.1) is 13.8 Å². The molecule has 8 nitrogen and oxygen atoms in total. The molecule has 0 saturated heterocycles. The van der Waals surface area contributed by atoms with Gasteiger partial charge in [-0.05, 0) is 26.3 Å². The number of alkyl halides is 2. The Morgan fingerprint density at radius 2 is 2.03 bits per heavy atom. The molecule has 0 radical (unpaired) electrons. The molecule has 0 aliphatic heterocycles. The number of pyridine rings is 1. The van der Waals surface area contributed by atoms with Gasteiger partial charge in [0.25, 0.3) is 5.91 Å². The fourth-order valence-corrected chi connectivity index (χ4v) is 4.03. The monoisotopic (exact) mass is 513 g/mol. The van der Waals surface area contributed by atoms with E-state index in [0.717, 1.165) is 23.0 Å². The molecule has 0 bridgehead atoms. The van der Waals surface area contributed by atoms with E-state index in [1.54, 1.807) is 4.68 Å². The summed E-state index contributed by atoms with van der Waals surface area (Å²) in [5.74, 6) is -0.536. The summed E-state index contributed by atoms with van der Waals surface area (Å²) >= 11 is 11.5. The van der Waals surface area contributed by atoms with Crippen molar-refractivity contribution in [1.29, 1.82) is 0 Å². The van der Waals surface area contributed by atoms with Gasteiger partial charge in [-0.25, -0.2) is 4.68 Å². The first-order valence-corrected chi connectivity index (χ1v) is 15.2. The molecule has 0 unspecified atom stereocenters. The average Bonchev–Trinajstić information content (AvgIpc) is 2.98. The van der Waals surface area contributed by atoms with Crippen LogP contribution in [-0.4, -0.2) is 51.3 Å². The van der Waals surface area contributed by atoms with E-state index >= 15 is 0 Å². The number of halogens is 2. The number of nitrogens with zero attached hydrogens (tertiary/aromatic N) is 3. The summed E-state index contributed by atoms with van der Waals surface area (Å²) in [6, 6.07) is 1.90. The molecule has 2 rings (SSSR count). The molecular weight excluding hydrogens is 481 g/mol. The number of hydrogen-bond acceptors (Lipinski definition) is 6. The minimum Gasteiger partial charge on any atom is -0.506 e. The van der Waals surface area contributed by atoms with Crippen LogP contribution in [0.25, 0.3) is 11.3 Å². The number of ether oxygens (including phenoxy) is 1. The maximum atomic E-state index is 12.3. The lowest BCUT2D eigenvalue weighted by molar-refractivity contribution is -0.113. The predicted octanol–water partition coefficient (Wildman–Crippen LogP) is 4.60. The number of nitrogens with one attached hydrogen (secondary N) is 1. The second-order valence-electron chi connectivity index (χ2n) is 9.25. The van der Waals surface area contributed by atoms with Crippen LogP contribution < -0.4 is 11.1 Å². The first-order chi connectivity index (χ1) is 15.3. The lowest BCUT2D eigenvalue weighted by Gasteiger charge is -2.15. The minimum atomic E-state index is -1.16. The van der Waals surface area contributed by atoms with Crippen molar-refractivity contribution in [3.8, 4) is 17.0 Å². The number of hydrogen-bond donors (Lipinski definition) is 3. The largest absolute Gasteiger partial charge is 0.506 e. The fourth-order valence-electron chi connectivity index (χ4n) is 3.09. The lowest BCUT2D eigenvalue weighted by atomic mass is 10.1. The van der Waals surface area contributed by atoms with Crippen molar-refractivity contribution in [3.05, 3.63) is 35.8 Å². The number of amides is 1. The van der Waals surface area contributed by atoms with Crippen LogP contribution in [0.3, 0.4) is 0 Å². The number of nitrogens with two attached hydrogens (primary N) is 1. The molecular formula is C22H33Cl2N5O3Si. The number of carbonyl (C=O) groups excluding carboxylic acids is 1. The number of carbonyl (C=O) groups is 1. The van der Waals surface area contributed by atoms with Crippen LogP contribution in [0.5, 0.6) is 5.75 Å². The molecule has 0 aliphatic carbocycles. The molecule has 0 saturated carbocycles. The zero-order chi connectivity index (χ0) is 24.9. The highest BCUT2D eigenvalue weighted by Crippen LogP contribution is 2.33. The Labute approximate surface area is 206 Å². The Kier molecular flexibility index (Phi) is 9.51. The van der Waals surface area contributed by atoms with Gasteiger partial charge in [-0.3, -0.25) is 9.78 Å². The van der Waals surface area contributed by atoms with Crippen molar-refractivity contribution in [2.75, 3.05) is 11.9 Å². The summed E-state index contributed by atoms with van der Waals surface area (Å²) in [4.78, 5) is 15.9. The third-order valence-electron chi connectivity index (χ3n) is 5.08. The third kappa shape index (κ3) is 7.82. The summed E-state index contributed by atoms with van der Waals surface area (Å²) in [7, 11) is -1.16. The van der Waals surface area contributed by atoms with E-state index in [-0.39, 0.29) is 17.7 Å². The summed E-state index contributed by atoms with van der Waals surface area (Å²) in [5, 5.41) is 17.8. The van der Waals surface area contributed by atoms with Crippen molar-refractivity contribution in [2.24, 2.45) is 5.73 Å². The fraction of sp³-hybridized carbons (Fsp3) is 0.500. The molecule has 1 atom stereocenters. The van der Waals surface area contributed by atoms with Gasteiger partial charge in [0, 0.05) is 43.6 Å². The van der Waals surface area contributed by atoms with Gasteiger partial charge in [0.1, 0.15) is 23.0 Å². The Balaban J connectivity index is 2.11.